The van der Waals surface area contributed by atoms with Crippen molar-refractivity contribution in [3.05, 3.63) is 29.8 Å². The molecule has 1 aliphatic rings. The van der Waals surface area contributed by atoms with Crippen molar-refractivity contribution < 1.29 is 14.3 Å². The summed E-state index contributed by atoms with van der Waals surface area (Å²) in [6, 6.07) is 7.68. The second kappa shape index (κ2) is 5.93. The number of nitrogens with zero attached hydrogens (tertiary/aromatic N) is 1. The van der Waals surface area contributed by atoms with Crippen LogP contribution in [-0.4, -0.2) is 42.8 Å². The van der Waals surface area contributed by atoms with E-state index in [1.807, 2.05) is 45.0 Å². The number of hydrogen-bond acceptors (Lipinski definition) is 4. The highest BCUT2D eigenvalue weighted by Crippen LogP contribution is 2.33. The van der Waals surface area contributed by atoms with Crippen molar-refractivity contribution in [2.45, 2.75) is 38.3 Å². The first-order valence-electron chi connectivity index (χ1n) is 7.18. The fourth-order valence-electron chi connectivity index (χ4n) is 2.61. The van der Waals surface area contributed by atoms with E-state index < -0.39 is 5.60 Å². The fourth-order valence-corrected chi connectivity index (χ4v) is 2.61. The third-order valence-corrected chi connectivity index (χ3v) is 3.56. The summed E-state index contributed by atoms with van der Waals surface area (Å²) in [7, 11) is 1.64. The van der Waals surface area contributed by atoms with E-state index in [-0.39, 0.29) is 18.1 Å². The molecule has 5 nitrogen and oxygen atoms in total. The molecule has 1 heterocycles. The number of methoxy groups -OCH3 is 1. The van der Waals surface area contributed by atoms with Gasteiger partial charge in [-0.05, 0) is 26.8 Å². The third-order valence-electron chi connectivity index (χ3n) is 3.56. The molecule has 1 fully saturated rings. The SMILES string of the molecule is COc1ccccc1[C@@H]1CN(C(=O)OC(C)(C)C)C[C@@H]1N. The number of hydrogen-bond donors (Lipinski definition) is 1. The largest absolute Gasteiger partial charge is 0.496 e. The molecule has 5 heteroatoms. The molecule has 0 aliphatic carbocycles. The maximum absolute atomic E-state index is 12.2. The van der Waals surface area contributed by atoms with Gasteiger partial charge in [0.05, 0.1) is 7.11 Å². The van der Waals surface area contributed by atoms with Gasteiger partial charge in [0.1, 0.15) is 11.4 Å². The monoisotopic (exact) mass is 292 g/mol. The molecule has 2 rings (SSSR count). The van der Waals surface area contributed by atoms with E-state index in [1.165, 1.54) is 0 Å². The summed E-state index contributed by atoms with van der Waals surface area (Å²) in [4.78, 5) is 13.8. The predicted octanol–water partition coefficient (Wildman–Crippen LogP) is 2.36. The molecule has 2 atom stereocenters. The second-order valence-electron chi connectivity index (χ2n) is 6.40. The zero-order valence-corrected chi connectivity index (χ0v) is 13.1. The van der Waals surface area contributed by atoms with Crippen LogP contribution in [0.1, 0.15) is 32.3 Å². The van der Waals surface area contributed by atoms with Gasteiger partial charge < -0.3 is 20.1 Å². The quantitative estimate of drug-likeness (QED) is 0.909. The Morgan fingerprint density at radius 2 is 1.95 bits per heavy atom. The lowest BCUT2D eigenvalue weighted by molar-refractivity contribution is 0.0290. The van der Waals surface area contributed by atoms with E-state index in [0.29, 0.717) is 13.1 Å². The van der Waals surface area contributed by atoms with Gasteiger partial charge in [-0.15, -0.1) is 0 Å². The maximum atomic E-state index is 12.2. The Balaban J connectivity index is 2.13. The normalized spacial score (nSPS) is 22.2. The summed E-state index contributed by atoms with van der Waals surface area (Å²) in [6.45, 7) is 6.63. The van der Waals surface area contributed by atoms with Crippen molar-refractivity contribution in [1.29, 1.82) is 0 Å². The van der Waals surface area contributed by atoms with Crippen LogP contribution in [0.15, 0.2) is 24.3 Å². The molecule has 1 amide bonds. The molecule has 0 aromatic heterocycles. The molecule has 0 spiro atoms. The number of nitrogens with two attached hydrogens (primary N) is 1. The molecular formula is C16H24N2O3. The zero-order chi connectivity index (χ0) is 15.6. The van der Waals surface area contributed by atoms with Crippen molar-refractivity contribution in [3.8, 4) is 5.75 Å². The number of rotatable bonds is 2. The highest BCUT2D eigenvalue weighted by molar-refractivity contribution is 5.69. The average molecular weight is 292 g/mol. The van der Waals surface area contributed by atoms with Gasteiger partial charge in [-0.3, -0.25) is 0 Å². The highest BCUT2D eigenvalue weighted by Gasteiger charge is 2.37. The molecule has 1 aromatic rings. The predicted molar refractivity (Wildman–Crippen MR) is 81.5 cm³/mol. The molecule has 1 aliphatic heterocycles. The summed E-state index contributed by atoms with van der Waals surface area (Å²) in [5.74, 6) is 0.873. The first-order valence-corrected chi connectivity index (χ1v) is 7.18. The van der Waals surface area contributed by atoms with Gasteiger partial charge in [0, 0.05) is 30.6 Å². The van der Waals surface area contributed by atoms with E-state index >= 15 is 0 Å². The number of ether oxygens (including phenoxy) is 2. The Kier molecular flexibility index (Phi) is 4.42. The van der Waals surface area contributed by atoms with Crippen LogP contribution in [-0.2, 0) is 4.74 Å². The third kappa shape index (κ3) is 3.67. The summed E-state index contributed by atoms with van der Waals surface area (Å²) >= 11 is 0. The smallest absolute Gasteiger partial charge is 0.410 e. The Labute approximate surface area is 126 Å². The molecule has 21 heavy (non-hydrogen) atoms. The van der Waals surface area contributed by atoms with Gasteiger partial charge in [-0.1, -0.05) is 18.2 Å². The Morgan fingerprint density at radius 1 is 1.29 bits per heavy atom. The lowest BCUT2D eigenvalue weighted by Gasteiger charge is -2.24. The molecule has 0 radical (unpaired) electrons. The molecule has 0 bridgehead atoms. The maximum Gasteiger partial charge on any atom is 0.410 e. The van der Waals surface area contributed by atoms with Crippen LogP contribution in [0.2, 0.25) is 0 Å². The minimum absolute atomic E-state index is 0.0636. The number of carbonyl (C=O) groups excluding carboxylic acids is 1. The molecule has 0 unspecified atom stereocenters. The molecular weight excluding hydrogens is 268 g/mol. The number of amides is 1. The van der Waals surface area contributed by atoms with Gasteiger partial charge in [0.25, 0.3) is 0 Å². The van der Waals surface area contributed by atoms with E-state index in [1.54, 1.807) is 12.0 Å². The van der Waals surface area contributed by atoms with Crippen LogP contribution >= 0.6 is 0 Å². The molecule has 1 aromatic carbocycles. The fraction of sp³-hybridized carbons (Fsp3) is 0.562. The molecule has 116 valence electrons. The molecule has 2 N–H and O–H groups in total. The Bertz CT molecular complexity index is 510. The summed E-state index contributed by atoms with van der Waals surface area (Å²) in [6.07, 6.45) is -0.310. The lowest BCUT2D eigenvalue weighted by atomic mass is 9.94. The summed E-state index contributed by atoms with van der Waals surface area (Å²) in [5, 5.41) is 0. The van der Waals surface area contributed by atoms with Crippen LogP contribution in [0.4, 0.5) is 4.79 Å². The summed E-state index contributed by atoms with van der Waals surface area (Å²) < 4.78 is 10.8. The highest BCUT2D eigenvalue weighted by atomic mass is 16.6. The Morgan fingerprint density at radius 3 is 2.57 bits per heavy atom. The van der Waals surface area contributed by atoms with Crippen molar-refractivity contribution in [3.63, 3.8) is 0 Å². The summed E-state index contributed by atoms with van der Waals surface area (Å²) in [5.41, 5.74) is 6.77. The van der Waals surface area contributed by atoms with Gasteiger partial charge in [-0.2, -0.15) is 0 Å². The van der Waals surface area contributed by atoms with E-state index in [0.717, 1.165) is 11.3 Å². The van der Waals surface area contributed by atoms with Crippen LogP contribution < -0.4 is 10.5 Å². The van der Waals surface area contributed by atoms with Crippen molar-refractivity contribution in [2.24, 2.45) is 5.73 Å². The van der Waals surface area contributed by atoms with Crippen molar-refractivity contribution in [1.82, 2.24) is 4.90 Å². The van der Waals surface area contributed by atoms with Gasteiger partial charge in [0.15, 0.2) is 0 Å². The second-order valence-corrected chi connectivity index (χ2v) is 6.40. The van der Waals surface area contributed by atoms with Gasteiger partial charge >= 0.3 is 6.09 Å². The van der Waals surface area contributed by atoms with Crippen LogP contribution in [0, 0.1) is 0 Å². The van der Waals surface area contributed by atoms with Crippen molar-refractivity contribution >= 4 is 6.09 Å². The average Bonchev–Trinajstić information content (AvgIpc) is 2.79. The van der Waals surface area contributed by atoms with Crippen LogP contribution in [0.3, 0.4) is 0 Å². The standard InChI is InChI=1S/C16H24N2O3/c1-16(2,3)21-15(19)18-9-12(13(17)10-18)11-7-5-6-8-14(11)20-4/h5-8,12-13H,9-10,17H2,1-4H3/t12-,13-/m0/s1. The van der Waals surface area contributed by atoms with E-state index in [2.05, 4.69) is 0 Å². The first kappa shape index (κ1) is 15.6. The minimum atomic E-state index is -0.496. The first-order chi connectivity index (χ1) is 9.81. The number of benzene rings is 1. The van der Waals surface area contributed by atoms with Crippen LogP contribution in [0.25, 0.3) is 0 Å². The zero-order valence-electron chi connectivity index (χ0n) is 13.1. The Hall–Kier alpha value is -1.75. The topological polar surface area (TPSA) is 64.8 Å². The van der Waals surface area contributed by atoms with E-state index in [9.17, 15) is 4.79 Å². The van der Waals surface area contributed by atoms with Crippen LogP contribution in [0.5, 0.6) is 5.75 Å². The number of para-hydroxylation sites is 1. The van der Waals surface area contributed by atoms with Crippen molar-refractivity contribution in [2.75, 3.05) is 20.2 Å². The molecule has 0 saturated carbocycles. The van der Waals surface area contributed by atoms with Gasteiger partial charge in [0.2, 0.25) is 0 Å². The lowest BCUT2D eigenvalue weighted by Crippen LogP contribution is -2.36. The van der Waals surface area contributed by atoms with Gasteiger partial charge in [-0.25, -0.2) is 4.79 Å². The minimum Gasteiger partial charge on any atom is -0.496 e. The molecule has 1 saturated heterocycles. The van der Waals surface area contributed by atoms with E-state index in [4.69, 9.17) is 15.2 Å². The number of carbonyl (C=O) groups is 1. The number of likely N-dealkylation sites (tertiary alicyclic amines) is 1.